The predicted molar refractivity (Wildman–Crippen MR) is 132 cm³/mol. The third-order valence-corrected chi connectivity index (χ3v) is 7.41. The summed E-state index contributed by atoms with van der Waals surface area (Å²) in [6.07, 6.45) is 1.63. The fourth-order valence-electron chi connectivity index (χ4n) is 5.45. The molecule has 0 unspecified atom stereocenters. The molecule has 0 aromatic heterocycles. The number of quaternary nitrogens is 1. The molecule has 0 radical (unpaired) electrons. The third-order valence-electron chi connectivity index (χ3n) is 7.41. The zero-order valence-electron chi connectivity index (χ0n) is 19.6. The standard InChI is InChI=1S/C29H30FN2O3/c30-24-13-11-21(12-14-24)26(33)19-32-17-15-22(16-18-32)27(20-32)35-29(34)28(23-7-3-1-4-8-23)31-25-9-5-2-6-10-25/h1-14,22,27-28,31H,15-20H2/q+1/t22?,27-,28-,32?/m0/s1. The number of para-hydroxylation sites is 1. The normalized spacial score (nSPS) is 23.9. The second-order valence-corrected chi connectivity index (χ2v) is 9.73. The van der Waals surface area contributed by atoms with Crippen LogP contribution in [0, 0.1) is 11.7 Å². The van der Waals surface area contributed by atoms with Crippen LogP contribution in [0.25, 0.3) is 0 Å². The van der Waals surface area contributed by atoms with Gasteiger partial charge in [0.25, 0.3) is 0 Å². The van der Waals surface area contributed by atoms with Crippen LogP contribution in [0.4, 0.5) is 10.1 Å². The number of piperidine rings is 3. The molecule has 0 spiro atoms. The molecule has 3 heterocycles. The largest absolute Gasteiger partial charge is 0.454 e. The highest BCUT2D eigenvalue weighted by Gasteiger charge is 2.49. The molecular weight excluding hydrogens is 443 g/mol. The van der Waals surface area contributed by atoms with E-state index in [1.54, 1.807) is 12.1 Å². The van der Waals surface area contributed by atoms with Crippen LogP contribution in [0.15, 0.2) is 84.9 Å². The maximum atomic E-state index is 13.5. The molecule has 0 saturated carbocycles. The summed E-state index contributed by atoms with van der Waals surface area (Å²) in [7, 11) is 0. The van der Waals surface area contributed by atoms with E-state index in [2.05, 4.69) is 5.32 Å². The minimum atomic E-state index is -0.622. The van der Waals surface area contributed by atoms with Gasteiger partial charge in [0.05, 0.1) is 13.1 Å². The number of Topliss-reactive ketones (excluding diaryl/α,β-unsaturated/α-hetero) is 1. The van der Waals surface area contributed by atoms with Crippen LogP contribution in [-0.4, -0.2) is 48.5 Å². The van der Waals surface area contributed by atoms with E-state index in [4.69, 9.17) is 4.74 Å². The molecule has 0 aliphatic carbocycles. The van der Waals surface area contributed by atoms with E-state index in [-0.39, 0.29) is 23.7 Å². The van der Waals surface area contributed by atoms with Crippen molar-refractivity contribution in [3.8, 4) is 0 Å². The number of benzene rings is 3. The van der Waals surface area contributed by atoms with E-state index in [1.807, 2.05) is 60.7 Å². The summed E-state index contributed by atoms with van der Waals surface area (Å²) in [5.41, 5.74) is 2.22. The molecule has 2 bridgehead atoms. The molecule has 3 aromatic carbocycles. The van der Waals surface area contributed by atoms with Gasteiger partial charge < -0.3 is 14.5 Å². The number of esters is 1. The number of fused-ring (bicyclic) bond motifs is 3. The number of anilines is 1. The zero-order valence-corrected chi connectivity index (χ0v) is 19.6. The first-order valence-electron chi connectivity index (χ1n) is 12.2. The van der Waals surface area contributed by atoms with Crippen LogP contribution >= 0.6 is 0 Å². The molecule has 3 aliphatic heterocycles. The number of ketones is 1. The van der Waals surface area contributed by atoms with Crippen LogP contribution in [-0.2, 0) is 9.53 Å². The molecule has 1 N–H and O–H groups in total. The van der Waals surface area contributed by atoms with Crippen molar-refractivity contribution in [2.24, 2.45) is 5.92 Å². The molecule has 6 heteroatoms. The van der Waals surface area contributed by atoms with Gasteiger partial charge in [-0.15, -0.1) is 0 Å². The zero-order chi connectivity index (χ0) is 24.3. The van der Waals surface area contributed by atoms with E-state index in [9.17, 15) is 14.0 Å². The van der Waals surface area contributed by atoms with Gasteiger partial charge >= 0.3 is 5.97 Å². The summed E-state index contributed by atoms with van der Waals surface area (Å²) < 4.78 is 20.1. The molecule has 6 rings (SSSR count). The maximum Gasteiger partial charge on any atom is 0.333 e. The summed E-state index contributed by atoms with van der Waals surface area (Å²) in [6.45, 7) is 2.78. The SMILES string of the molecule is O=C(C[N+]12CCC(CC1)[C@@H](OC(=O)[C@@H](Nc1ccccc1)c1ccccc1)C2)c1ccc(F)cc1. The molecule has 180 valence electrons. The van der Waals surface area contributed by atoms with Crippen LogP contribution in [0.3, 0.4) is 0 Å². The number of hydrogen-bond donors (Lipinski definition) is 1. The molecule has 3 fully saturated rings. The number of nitrogens with one attached hydrogen (secondary N) is 1. The van der Waals surface area contributed by atoms with Gasteiger partial charge in [0.1, 0.15) is 18.9 Å². The van der Waals surface area contributed by atoms with Crippen LogP contribution in [0.2, 0.25) is 0 Å². The Morgan fingerprint density at radius 3 is 2.20 bits per heavy atom. The molecule has 5 nitrogen and oxygen atoms in total. The van der Waals surface area contributed by atoms with Crippen LogP contribution in [0.1, 0.15) is 34.8 Å². The van der Waals surface area contributed by atoms with Crippen molar-refractivity contribution in [3.63, 3.8) is 0 Å². The van der Waals surface area contributed by atoms with Gasteiger partial charge in [-0.1, -0.05) is 48.5 Å². The number of carbonyl (C=O) groups excluding carboxylic acids is 2. The van der Waals surface area contributed by atoms with Gasteiger partial charge in [-0.25, -0.2) is 9.18 Å². The van der Waals surface area contributed by atoms with E-state index in [0.717, 1.165) is 37.2 Å². The lowest BCUT2D eigenvalue weighted by atomic mass is 9.82. The smallest absolute Gasteiger partial charge is 0.333 e. The number of hydrogen-bond acceptors (Lipinski definition) is 4. The Labute approximate surface area is 205 Å². The molecule has 2 atom stereocenters. The van der Waals surface area contributed by atoms with Gasteiger partial charge in [-0.05, 0) is 42.0 Å². The minimum Gasteiger partial charge on any atom is -0.454 e. The van der Waals surface area contributed by atoms with Crippen molar-refractivity contribution >= 4 is 17.4 Å². The average molecular weight is 474 g/mol. The summed E-state index contributed by atoms with van der Waals surface area (Å²) in [6, 6.07) is 24.4. The van der Waals surface area contributed by atoms with Crippen molar-refractivity contribution in [1.82, 2.24) is 0 Å². The Hall–Kier alpha value is -3.51. The van der Waals surface area contributed by atoms with Crippen molar-refractivity contribution in [2.75, 3.05) is 31.5 Å². The Morgan fingerprint density at radius 2 is 1.54 bits per heavy atom. The van der Waals surface area contributed by atoms with Gasteiger partial charge in [-0.3, -0.25) is 4.79 Å². The molecule has 3 saturated heterocycles. The summed E-state index contributed by atoms with van der Waals surface area (Å²) in [5, 5.41) is 3.33. The van der Waals surface area contributed by atoms with E-state index < -0.39 is 6.04 Å². The second kappa shape index (κ2) is 10.0. The predicted octanol–water partition coefficient (Wildman–Crippen LogP) is 5.01. The number of ether oxygens (including phenoxy) is 1. The fraction of sp³-hybridized carbons (Fsp3) is 0.310. The first kappa shape index (κ1) is 23.2. The minimum absolute atomic E-state index is 0.00309. The quantitative estimate of drug-likeness (QED) is 0.284. The fourth-order valence-corrected chi connectivity index (χ4v) is 5.45. The summed E-state index contributed by atoms with van der Waals surface area (Å²) >= 11 is 0. The Morgan fingerprint density at radius 1 is 0.914 bits per heavy atom. The highest BCUT2D eigenvalue weighted by molar-refractivity contribution is 5.97. The number of carbonyl (C=O) groups is 2. The second-order valence-electron chi connectivity index (χ2n) is 9.73. The van der Waals surface area contributed by atoms with Gasteiger partial charge in [0.15, 0.2) is 12.1 Å². The third kappa shape index (κ3) is 5.28. The van der Waals surface area contributed by atoms with E-state index in [0.29, 0.717) is 29.1 Å². The first-order valence-corrected chi connectivity index (χ1v) is 12.2. The Bertz CT molecular complexity index is 1160. The van der Waals surface area contributed by atoms with E-state index >= 15 is 0 Å². The monoisotopic (exact) mass is 473 g/mol. The number of rotatable bonds is 8. The summed E-state index contributed by atoms with van der Waals surface area (Å²) in [4.78, 5) is 26.5. The molecular formula is C29H30FN2O3+. The Kier molecular flexibility index (Phi) is 6.64. The van der Waals surface area contributed by atoms with Crippen LogP contribution in [0.5, 0.6) is 0 Å². The van der Waals surface area contributed by atoms with E-state index in [1.165, 1.54) is 12.1 Å². The highest BCUT2D eigenvalue weighted by atomic mass is 19.1. The molecule has 3 aliphatic rings. The van der Waals surface area contributed by atoms with Crippen molar-refractivity contribution in [1.29, 1.82) is 0 Å². The van der Waals surface area contributed by atoms with Crippen LogP contribution < -0.4 is 5.32 Å². The summed E-state index contributed by atoms with van der Waals surface area (Å²) in [5.74, 6) is -0.338. The maximum absolute atomic E-state index is 13.5. The van der Waals surface area contributed by atoms with Gasteiger partial charge in [0, 0.05) is 30.0 Å². The van der Waals surface area contributed by atoms with Gasteiger partial charge in [-0.2, -0.15) is 0 Å². The molecule has 35 heavy (non-hydrogen) atoms. The lowest BCUT2D eigenvalue weighted by Gasteiger charge is -2.51. The topological polar surface area (TPSA) is 55.4 Å². The van der Waals surface area contributed by atoms with Crippen molar-refractivity contribution < 1.29 is 23.2 Å². The van der Waals surface area contributed by atoms with Gasteiger partial charge in [0.2, 0.25) is 5.78 Å². The van der Waals surface area contributed by atoms with Crippen molar-refractivity contribution in [3.05, 3.63) is 102 Å². The average Bonchev–Trinajstić information content (AvgIpc) is 2.89. The van der Waals surface area contributed by atoms with Crippen molar-refractivity contribution in [2.45, 2.75) is 25.0 Å². The Balaban J connectivity index is 1.30. The number of nitrogens with zero attached hydrogens (tertiary/aromatic N) is 1. The number of halogens is 1. The first-order chi connectivity index (χ1) is 17.0. The lowest BCUT2D eigenvalue weighted by Crippen LogP contribution is -2.65. The highest BCUT2D eigenvalue weighted by Crippen LogP contribution is 2.36. The molecule has 0 amide bonds. The lowest BCUT2D eigenvalue weighted by molar-refractivity contribution is -0.938. The molecule has 3 aromatic rings.